The summed E-state index contributed by atoms with van der Waals surface area (Å²) in [5, 5.41) is 9.46. The van der Waals surface area contributed by atoms with Gasteiger partial charge < -0.3 is 14.4 Å². The van der Waals surface area contributed by atoms with Gasteiger partial charge in [-0.15, -0.1) is 0 Å². The van der Waals surface area contributed by atoms with Gasteiger partial charge >= 0.3 is 5.97 Å². The van der Waals surface area contributed by atoms with Crippen molar-refractivity contribution in [2.45, 2.75) is 6.61 Å². The molecule has 1 N–H and O–H groups in total. The molecule has 0 spiro atoms. The fraction of sp³-hybridized carbons (Fsp3) is 0.111. The van der Waals surface area contributed by atoms with E-state index >= 15 is 0 Å². The predicted molar refractivity (Wildman–Crippen MR) is 86.9 cm³/mol. The van der Waals surface area contributed by atoms with Crippen molar-refractivity contribution in [1.29, 1.82) is 0 Å². The molecule has 0 aliphatic rings. The quantitative estimate of drug-likeness (QED) is 0.804. The zero-order chi connectivity index (χ0) is 16.4. The molecule has 0 unspecified atom stereocenters. The molecular formula is C18H15NO4. The summed E-state index contributed by atoms with van der Waals surface area (Å²) in [4.78, 5) is 23.5. The van der Waals surface area contributed by atoms with Crippen molar-refractivity contribution in [2.24, 2.45) is 7.05 Å². The third-order valence-corrected chi connectivity index (χ3v) is 3.64. The highest BCUT2D eigenvalue weighted by atomic mass is 16.5. The Labute approximate surface area is 132 Å². The average molecular weight is 309 g/mol. The second-order valence-electron chi connectivity index (χ2n) is 5.24. The number of carboxylic acids is 1. The van der Waals surface area contributed by atoms with Crippen LogP contribution in [0.5, 0.6) is 5.75 Å². The normalized spacial score (nSPS) is 10.7. The first-order valence-electron chi connectivity index (χ1n) is 7.09. The minimum atomic E-state index is -1.23. The molecule has 0 fully saturated rings. The van der Waals surface area contributed by atoms with Crippen LogP contribution in [-0.4, -0.2) is 15.6 Å². The molecule has 0 aliphatic carbocycles. The van der Waals surface area contributed by atoms with E-state index in [4.69, 9.17) is 9.84 Å². The van der Waals surface area contributed by atoms with Crippen LogP contribution in [-0.2, 0) is 13.7 Å². The predicted octanol–water partition coefficient (Wildman–Crippen LogP) is 2.82. The van der Waals surface area contributed by atoms with E-state index in [0.717, 1.165) is 5.56 Å². The van der Waals surface area contributed by atoms with Crippen LogP contribution < -0.4 is 10.2 Å². The average Bonchev–Trinajstić information content (AvgIpc) is 2.57. The van der Waals surface area contributed by atoms with Crippen molar-refractivity contribution in [3.05, 3.63) is 76.1 Å². The van der Waals surface area contributed by atoms with Gasteiger partial charge in [-0.05, 0) is 23.8 Å². The number of carbonyl (C=O) groups is 1. The first kappa shape index (κ1) is 14.8. The summed E-state index contributed by atoms with van der Waals surface area (Å²) < 4.78 is 7.33. The number of hydrogen-bond donors (Lipinski definition) is 1. The number of rotatable bonds is 4. The number of fused-ring (bicyclic) bond motifs is 1. The number of aryl methyl sites for hydroxylation is 1. The third kappa shape index (κ3) is 2.94. The zero-order valence-corrected chi connectivity index (χ0v) is 12.5. The van der Waals surface area contributed by atoms with Gasteiger partial charge in [0.1, 0.15) is 17.9 Å². The molecule has 2 aromatic carbocycles. The largest absolute Gasteiger partial charge is 0.489 e. The minimum absolute atomic E-state index is 0.250. The van der Waals surface area contributed by atoms with Gasteiger partial charge in [0.05, 0.1) is 10.9 Å². The summed E-state index contributed by atoms with van der Waals surface area (Å²) in [7, 11) is 1.71. The molecular weight excluding hydrogens is 294 g/mol. The number of benzene rings is 2. The molecule has 5 nitrogen and oxygen atoms in total. The second kappa shape index (κ2) is 5.96. The summed E-state index contributed by atoms with van der Waals surface area (Å²) >= 11 is 0. The minimum Gasteiger partial charge on any atom is -0.489 e. The maximum absolute atomic E-state index is 12.3. The van der Waals surface area contributed by atoms with Gasteiger partial charge in [0.15, 0.2) is 0 Å². The Morgan fingerprint density at radius 3 is 2.61 bits per heavy atom. The number of hydrogen-bond acceptors (Lipinski definition) is 3. The van der Waals surface area contributed by atoms with Crippen LogP contribution in [0.15, 0.2) is 59.5 Å². The monoisotopic (exact) mass is 309 g/mol. The molecule has 5 heteroatoms. The van der Waals surface area contributed by atoms with Gasteiger partial charge in [0, 0.05) is 13.2 Å². The first-order valence-corrected chi connectivity index (χ1v) is 7.09. The molecule has 0 atom stereocenters. The van der Waals surface area contributed by atoms with Crippen molar-refractivity contribution in [2.75, 3.05) is 0 Å². The highest BCUT2D eigenvalue weighted by molar-refractivity contribution is 5.92. The molecule has 1 aromatic heterocycles. The molecule has 3 rings (SSSR count). The zero-order valence-electron chi connectivity index (χ0n) is 12.5. The Hall–Kier alpha value is -3.08. The Balaban J connectivity index is 1.99. The molecule has 3 aromatic rings. The van der Waals surface area contributed by atoms with Gasteiger partial charge in [0.25, 0.3) is 0 Å². The number of aromatic nitrogens is 1. The van der Waals surface area contributed by atoms with Crippen LogP contribution in [0.3, 0.4) is 0 Å². The van der Waals surface area contributed by atoms with Gasteiger partial charge in [0.2, 0.25) is 5.43 Å². The van der Waals surface area contributed by atoms with Crippen LogP contribution in [0, 0.1) is 0 Å². The Bertz CT molecular complexity index is 929. The smallest absolute Gasteiger partial charge is 0.341 e. The lowest BCUT2D eigenvalue weighted by atomic mass is 10.1. The first-order chi connectivity index (χ1) is 11.1. The van der Waals surface area contributed by atoms with E-state index in [2.05, 4.69) is 0 Å². The third-order valence-electron chi connectivity index (χ3n) is 3.64. The number of aromatic carboxylic acids is 1. The van der Waals surface area contributed by atoms with Gasteiger partial charge in [-0.1, -0.05) is 30.3 Å². The van der Waals surface area contributed by atoms with E-state index < -0.39 is 11.4 Å². The van der Waals surface area contributed by atoms with Crippen LogP contribution in [0.2, 0.25) is 0 Å². The summed E-state index contributed by atoms with van der Waals surface area (Å²) in [5.41, 5.74) is 0.919. The fourth-order valence-corrected chi connectivity index (χ4v) is 2.45. The van der Waals surface area contributed by atoms with Crippen molar-refractivity contribution >= 4 is 16.9 Å². The number of ether oxygens (including phenoxy) is 1. The summed E-state index contributed by atoms with van der Waals surface area (Å²) in [6.07, 6.45) is 1.33. The molecule has 0 amide bonds. The van der Waals surface area contributed by atoms with Crippen LogP contribution >= 0.6 is 0 Å². The van der Waals surface area contributed by atoms with E-state index in [-0.39, 0.29) is 5.56 Å². The van der Waals surface area contributed by atoms with Gasteiger partial charge in [-0.25, -0.2) is 4.79 Å². The molecule has 0 saturated heterocycles. The summed E-state index contributed by atoms with van der Waals surface area (Å²) in [5.74, 6) is -0.705. The summed E-state index contributed by atoms with van der Waals surface area (Å²) in [6, 6.07) is 14.8. The lowest BCUT2D eigenvalue weighted by Gasteiger charge is -2.10. The summed E-state index contributed by atoms with van der Waals surface area (Å²) in [6.45, 7) is 0.380. The van der Waals surface area contributed by atoms with Gasteiger partial charge in [-0.2, -0.15) is 0 Å². The Morgan fingerprint density at radius 1 is 1.17 bits per heavy atom. The second-order valence-corrected chi connectivity index (χ2v) is 5.24. The lowest BCUT2D eigenvalue weighted by Crippen LogP contribution is -2.17. The SMILES string of the molecule is Cn1cc(C(=O)O)c(=O)c2cc(OCc3ccccc3)ccc21. The highest BCUT2D eigenvalue weighted by Gasteiger charge is 2.13. The van der Waals surface area contributed by atoms with Crippen molar-refractivity contribution in [1.82, 2.24) is 4.57 Å². The van der Waals surface area contributed by atoms with Crippen LogP contribution in [0.25, 0.3) is 10.9 Å². The van der Waals surface area contributed by atoms with Crippen molar-refractivity contribution in [3.63, 3.8) is 0 Å². The Morgan fingerprint density at radius 2 is 1.91 bits per heavy atom. The highest BCUT2D eigenvalue weighted by Crippen LogP contribution is 2.20. The number of nitrogens with zero attached hydrogens (tertiary/aromatic N) is 1. The maximum Gasteiger partial charge on any atom is 0.341 e. The molecule has 0 radical (unpaired) electrons. The number of carboxylic acid groups (broad SMARTS) is 1. The standard InChI is InChI=1S/C18H15NO4/c1-19-10-15(18(21)22)17(20)14-9-13(7-8-16(14)19)23-11-12-5-3-2-4-6-12/h2-10H,11H2,1H3,(H,21,22). The lowest BCUT2D eigenvalue weighted by molar-refractivity contribution is 0.0695. The van der Waals surface area contributed by atoms with Gasteiger partial charge in [-0.3, -0.25) is 4.79 Å². The van der Waals surface area contributed by atoms with E-state index in [1.165, 1.54) is 6.20 Å². The van der Waals surface area contributed by atoms with E-state index in [1.54, 1.807) is 29.8 Å². The van der Waals surface area contributed by atoms with E-state index in [0.29, 0.717) is 23.3 Å². The maximum atomic E-state index is 12.3. The van der Waals surface area contributed by atoms with E-state index in [9.17, 15) is 9.59 Å². The molecule has 23 heavy (non-hydrogen) atoms. The molecule has 116 valence electrons. The molecule has 1 heterocycles. The van der Waals surface area contributed by atoms with E-state index in [1.807, 2.05) is 30.3 Å². The molecule has 0 bridgehead atoms. The van der Waals surface area contributed by atoms with Crippen LogP contribution in [0.4, 0.5) is 0 Å². The number of pyridine rings is 1. The van der Waals surface area contributed by atoms with Crippen molar-refractivity contribution < 1.29 is 14.6 Å². The Kier molecular flexibility index (Phi) is 3.85. The van der Waals surface area contributed by atoms with Crippen LogP contribution in [0.1, 0.15) is 15.9 Å². The molecule has 0 saturated carbocycles. The fourth-order valence-electron chi connectivity index (χ4n) is 2.45. The van der Waals surface area contributed by atoms with Crippen molar-refractivity contribution in [3.8, 4) is 5.75 Å². The topological polar surface area (TPSA) is 68.5 Å². The molecule has 0 aliphatic heterocycles.